The Balaban J connectivity index is 1.03. The summed E-state index contributed by atoms with van der Waals surface area (Å²) in [7, 11) is 0. The quantitative estimate of drug-likeness (QED) is 0.208. The Hall–Kier alpha value is -4.84. The van der Waals surface area contributed by atoms with Crippen LogP contribution >= 0.6 is 0 Å². The third-order valence-electron chi connectivity index (χ3n) is 9.46. The number of hydrogen-bond acceptors (Lipinski definition) is 6. The van der Waals surface area contributed by atoms with Gasteiger partial charge in [-0.1, -0.05) is 96.5 Å². The van der Waals surface area contributed by atoms with E-state index in [2.05, 4.69) is 47.9 Å². The highest BCUT2D eigenvalue weighted by molar-refractivity contribution is 5.66. The summed E-state index contributed by atoms with van der Waals surface area (Å²) in [4.78, 5) is 0. The fourth-order valence-corrected chi connectivity index (χ4v) is 6.00. The zero-order valence-electron chi connectivity index (χ0n) is 28.5. The third-order valence-corrected chi connectivity index (χ3v) is 9.46. The zero-order chi connectivity index (χ0) is 35.5. The number of nitrogens with zero attached hydrogens (tertiary/aromatic N) is 4. The van der Waals surface area contributed by atoms with E-state index in [1.54, 1.807) is 39.8 Å². The van der Waals surface area contributed by atoms with E-state index >= 15 is 0 Å². The molecule has 0 saturated carbocycles. The summed E-state index contributed by atoms with van der Waals surface area (Å²) >= 11 is 0. The molecule has 50 heavy (non-hydrogen) atoms. The minimum absolute atomic E-state index is 0.145. The Kier molecular flexibility index (Phi) is 10.2. The highest BCUT2D eigenvalue weighted by Crippen LogP contribution is 2.31. The predicted octanol–water partition coefficient (Wildman–Crippen LogP) is 7.31. The summed E-state index contributed by atoms with van der Waals surface area (Å²) < 4.78 is 0. The Bertz CT molecular complexity index is 1830. The Labute approximate surface area is 294 Å². The molecule has 2 aliphatic heterocycles. The van der Waals surface area contributed by atoms with Gasteiger partial charge in [-0.15, -0.1) is 20.5 Å². The fourth-order valence-electron chi connectivity index (χ4n) is 6.00. The van der Waals surface area contributed by atoms with Crippen LogP contribution in [0.25, 0.3) is 23.3 Å². The van der Waals surface area contributed by atoms with Crippen LogP contribution in [-0.4, -0.2) is 56.8 Å². The maximum Gasteiger partial charge on any atom is 0.0686 e. The van der Waals surface area contributed by atoms with Crippen molar-refractivity contribution in [2.75, 3.05) is 13.3 Å². The molecule has 2 radical (unpaired) electrons. The summed E-state index contributed by atoms with van der Waals surface area (Å²) in [5.74, 6) is 12.9. The molecule has 4 aromatic rings. The van der Waals surface area contributed by atoms with Crippen LogP contribution in [0.2, 0.25) is 0 Å². The van der Waals surface area contributed by atoms with Crippen LogP contribution in [0.15, 0.2) is 109 Å². The first-order chi connectivity index (χ1) is 23.9. The maximum atomic E-state index is 12.1. The van der Waals surface area contributed by atoms with Crippen molar-refractivity contribution >= 4 is 12.2 Å². The maximum absolute atomic E-state index is 12.1. The van der Waals surface area contributed by atoms with Gasteiger partial charge in [0.1, 0.15) is 0 Å². The van der Waals surface area contributed by atoms with E-state index in [1.165, 1.54) is 0 Å². The Morgan fingerprint density at radius 3 is 1.06 bits per heavy atom. The van der Waals surface area contributed by atoms with Gasteiger partial charge in [0.2, 0.25) is 0 Å². The van der Waals surface area contributed by atoms with Crippen molar-refractivity contribution in [3.63, 3.8) is 0 Å². The minimum atomic E-state index is -0.769. The molecule has 0 aromatic heterocycles. The van der Waals surface area contributed by atoms with Gasteiger partial charge in [-0.25, -0.2) is 0 Å². The Morgan fingerprint density at radius 2 is 0.800 bits per heavy atom. The molecule has 6 rings (SSSR count). The summed E-state index contributed by atoms with van der Waals surface area (Å²) in [5.41, 5.74) is 6.08. The fraction of sp³-hybridized carbons (Fsp3) is 0.238. The lowest BCUT2D eigenvalue weighted by molar-refractivity contribution is -0.198. The molecule has 8 heteroatoms. The normalized spacial score (nSPS) is 21.0. The molecule has 252 valence electrons. The minimum Gasteiger partial charge on any atom is -0.784 e. The van der Waals surface area contributed by atoms with Crippen molar-refractivity contribution in [3.05, 3.63) is 153 Å². The number of rotatable bonds is 5. The topological polar surface area (TPSA) is 98.9 Å². The van der Waals surface area contributed by atoms with E-state index in [0.717, 1.165) is 64.8 Å². The lowest BCUT2D eigenvalue weighted by atomic mass is 9.95. The molecule has 0 N–H and O–H groups in total. The summed E-state index contributed by atoms with van der Waals surface area (Å²) in [6.45, 7) is 6.83. The van der Waals surface area contributed by atoms with Gasteiger partial charge >= 0.3 is 0 Å². The average Bonchev–Trinajstić information content (AvgIpc) is 3.43. The Morgan fingerprint density at radius 1 is 0.520 bits per heavy atom. The van der Waals surface area contributed by atoms with Crippen molar-refractivity contribution in [2.45, 2.75) is 50.9 Å². The molecule has 2 heterocycles. The smallest absolute Gasteiger partial charge is 0.0686 e. The van der Waals surface area contributed by atoms with Gasteiger partial charge in [0, 0.05) is 34.3 Å². The molecule has 0 bridgehead atoms. The molecule has 2 atom stereocenters. The van der Waals surface area contributed by atoms with Crippen LogP contribution in [0.4, 0.5) is 0 Å². The lowest BCUT2D eigenvalue weighted by Crippen LogP contribution is -2.42. The summed E-state index contributed by atoms with van der Waals surface area (Å²) in [6.07, 6.45) is 7.34. The second-order valence-corrected chi connectivity index (χ2v) is 13.7. The van der Waals surface area contributed by atoms with Crippen molar-refractivity contribution < 1.29 is 10.4 Å². The van der Waals surface area contributed by atoms with Gasteiger partial charge in [-0.2, -0.15) is 0 Å². The van der Waals surface area contributed by atoms with Gasteiger partial charge in [0.25, 0.3) is 0 Å². The molecule has 0 amide bonds. The number of hydrogen-bond donors (Lipinski definition) is 0. The van der Waals surface area contributed by atoms with E-state index in [1.807, 2.05) is 84.9 Å². The van der Waals surface area contributed by atoms with Gasteiger partial charge in [0.15, 0.2) is 0 Å². The molecular formula is C42H38N4O4-2. The van der Waals surface area contributed by atoms with Crippen molar-refractivity contribution in [3.8, 4) is 34.8 Å². The molecule has 0 aliphatic carbocycles. The molecular weight excluding hydrogens is 624 g/mol. The summed E-state index contributed by atoms with van der Waals surface area (Å²) in [6, 6.07) is 30.8. The highest BCUT2D eigenvalue weighted by atomic mass is 16.6. The van der Waals surface area contributed by atoms with Crippen molar-refractivity contribution in [1.29, 1.82) is 0 Å². The van der Waals surface area contributed by atoms with Crippen LogP contribution < -0.4 is 0 Å². The van der Waals surface area contributed by atoms with Gasteiger partial charge < -0.3 is 20.5 Å². The van der Waals surface area contributed by atoms with Crippen LogP contribution in [0, 0.1) is 34.1 Å². The number of benzene rings is 4. The molecule has 4 aromatic carbocycles. The zero-order valence-corrected chi connectivity index (χ0v) is 28.5. The largest absolute Gasteiger partial charge is 0.784 e. The van der Waals surface area contributed by atoms with Crippen LogP contribution in [-0.2, 0) is 10.4 Å². The van der Waals surface area contributed by atoms with E-state index < -0.39 is 23.2 Å². The van der Waals surface area contributed by atoms with E-state index in [0.29, 0.717) is 0 Å². The van der Waals surface area contributed by atoms with Crippen molar-refractivity contribution in [2.24, 2.45) is 0 Å². The van der Waals surface area contributed by atoms with Crippen molar-refractivity contribution in [1.82, 2.24) is 20.3 Å². The second kappa shape index (κ2) is 14.6. The number of hydroxylamine groups is 8. The van der Waals surface area contributed by atoms with Gasteiger partial charge in [0.05, 0.1) is 24.4 Å². The van der Waals surface area contributed by atoms with E-state index in [9.17, 15) is 20.8 Å². The standard InChI is InChI=1S/C42H38N4O4/c1-41(2)39(43(47)29-45(41)49)27-21-33-11-5-31(6-12-33)9-15-35-17-23-37(24-18-35)38-25-19-36(20-26-38)16-10-32-7-13-34(14-8-32)22-28-40-42(3,4)46(50)30-44(40)48/h5-8,11-14,17-28,39-40H,29-30H2,1-4H3/q-2/b27-21+,28-22+. The predicted molar refractivity (Wildman–Crippen MR) is 196 cm³/mol. The monoisotopic (exact) mass is 662 g/mol. The average molecular weight is 663 g/mol. The summed E-state index contributed by atoms with van der Waals surface area (Å²) in [5, 5.41) is 51.6. The van der Waals surface area contributed by atoms with Gasteiger partial charge in [-0.3, -0.25) is 0 Å². The van der Waals surface area contributed by atoms with Crippen LogP contribution in [0.3, 0.4) is 0 Å². The SMILES string of the molecule is CC1(C)C(/C=C/c2ccc(C#Cc3ccc(-c4ccc(C#Cc5ccc(/C=C/C6N([O-])CN([O])C6(C)C)cc5)cc4)cc3)cc2)N([O-])CN1[O]. The highest BCUT2D eigenvalue weighted by Gasteiger charge is 2.42. The van der Waals surface area contributed by atoms with E-state index in [-0.39, 0.29) is 13.3 Å². The first kappa shape index (κ1) is 35.0. The third kappa shape index (κ3) is 7.80. The van der Waals surface area contributed by atoms with Gasteiger partial charge in [-0.05, 0) is 98.5 Å². The molecule has 8 nitrogen and oxygen atoms in total. The molecule has 2 aliphatic rings. The first-order valence-corrected chi connectivity index (χ1v) is 16.5. The molecule has 2 saturated heterocycles. The molecule has 0 spiro atoms. The molecule has 2 fully saturated rings. The van der Waals surface area contributed by atoms with Crippen LogP contribution in [0.1, 0.15) is 61.1 Å². The second-order valence-electron chi connectivity index (χ2n) is 13.7. The molecule has 2 unspecified atom stereocenters. The van der Waals surface area contributed by atoms with E-state index in [4.69, 9.17) is 0 Å². The first-order valence-electron chi connectivity index (χ1n) is 16.5. The van der Waals surface area contributed by atoms with Crippen LogP contribution in [0.5, 0.6) is 0 Å². The lowest BCUT2D eigenvalue weighted by Gasteiger charge is -2.33.